The predicted molar refractivity (Wildman–Crippen MR) is 51.0 cm³/mol. The summed E-state index contributed by atoms with van der Waals surface area (Å²) < 4.78 is 16.5. The average molecular weight is 212 g/mol. The van der Waals surface area contributed by atoms with Crippen molar-refractivity contribution in [2.75, 3.05) is 19.8 Å². The van der Waals surface area contributed by atoms with Crippen molar-refractivity contribution >= 4 is 5.97 Å². The van der Waals surface area contributed by atoms with Crippen molar-refractivity contribution in [2.24, 2.45) is 11.3 Å². The summed E-state index contributed by atoms with van der Waals surface area (Å²) in [7, 11) is 0. The Morgan fingerprint density at radius 3 is 2.73 bits per heavy atom. The number of rotatable bonds is 0. The first-order chi connectivity index (χ1) is 7.15. The number of hydrogen-bond acceptors (Lipinski definition) is 4. The molecule has 4 heteroatoms. The second-order valence-electron chi connectivity index (χ2n) is 5.02. The summed E-state index contributed by atoms with van der Waals surface area (Å²) in [5, 5.41) is 0. The van der Waals surface area contributed by atoms with Crippen molar-refractivity contribution in [2.45, 2.75) is 32.0 Å². The highest BCUT2D eigenvalue weighted by atomic mass is 16.7. The van der Waals surface area contributed by atoms with Crippen molar-refractivity contribution in [1.29, 1.82) is 0 Å². The van der Waals surface area contributed by atoms with E-state index in [4.69, 9.17) is 14.2 Å². The number of ether oxygens (including phenoxy) is 3. The molecule has 2 atom stereocenters. The fraction of sp³-hybridized carbons (Fsp3) is 0.909. The highest BCUT2D eigenvalue weighted by Crippen LogP contribution is 2.51. The first-order valence-corrected chi connectivity index (χ1v) is 5.60. The van der Waals surface area contributed by atoms with E-state index in [1.807, 2.05) is 6.92 Å². The number of cyclic esters (lactones) is 1. The van der Waals surface area contributed by atoms with Gasteiger partial charge in [-0.25, -0.2) is 0 Å². The monoisotopic (exact) mass is 212 g/mol. The summed E-state index contributed by atoms with van der Waals surface area (Å²) in [5.41, 5.74) is -0.291. The maximum absolute atomic E-state index is 11.6. The van der Waals surface area contributed by atoms with E-state index in [1.54, 1.807) is 0 Å². The van der Waals surface area contributed by atoms with E-state index >= 15 is 0 Å². The van der Waals surface area contributed by atoms with E-state index in [0.29, 0.717) is 19.8 Å². The summed E-state index contributed by atoms with van der Waals surface area (Å²) in [6, 6.07) is 0. The number of fused-ring (bicyclic) bond motifs is 1. The smallest absolute Gasteiger partial charge is 0.312 e. The third-order valence-corrected chi connectivity index (χ3v) is 4.18. The zero-order valence-electron chi connectivity index (χ0n) is 8.95. The Bertz CT molecular complexity index is 295. The molecule has 2 saturated heterocycles. The third-order valence-electron chi connectivity index (χ3n) is 4.18. The Hall–Kier alpha value is -0.610. The minimum Gasteiger partial charge on any atom is -0.465 e. The third kappa shape index (κ3) is 1.24. The lowest BCUT2D eigenvalue weighted by molar-refractivity contribution is -0.200. The Kier molecular flexibility index (Phi) is 1.89. The minimum absolute atomic E-state index is 0.0413. The lowest BCUT2D eigenvalue weighted by Gasteiger charge is -2.41. The van der Waals surface area contributed by atoms with E-state index < -0.39 is 5.79 Å². The van der Waals surface area contributed by atoms with Crippen molar-refractivity contribution < 1.29 is 19.0 Å². The van der Waals surface area contributed by atoms with Crippen molar-refractivity contribution in [1.82, 2.24) is 0 Å². The molecule has 3 aliphatic rings. The molecule has 0 N–H and O–H groups in total. The van der Waals surface area contributed by atoms with Crippen LogP contribution in [0.15, 0.2) is 0 Å². The van der Waals surface area contributed by atoms with Crippen LogP contribution in [0, 0.1) is 11.3 Å². The minimum atomic E-state index is -0.405. The van der Waals surface area contributed by atoms with Crippen LogP contribution < -0.4 is 0 Å². The molecule has 2 heterocycles. The summed E-state index contributed by atoms with van der Waals surface area (Å²) in [6.07, 6.45) is 2.43. The first-order valence-electron chi connectivity index (χ1n) is 5.60. The highest BCUT2D eigenvalue weighted by Gasteiger charge is 2.57. The molecule has 0 aromatic carbocycles. The zero-order valence-corrected chi connectivity index (χ0v) is 8.95. The molecule has 1 aliphatic carbocycles. The molecule has 3 rings (SSSR count). The van der Waals surface area contributed by atoms with Gasteiger partial charge in [0, 0.05) is 18.8 Å². The molecule has 0 aromatic heterocycles. The van der Waals surface area contributed by atoms with E-state index in [9.17, 15) is 4.79 Å². The van der Waals surface area contributed by atoms with Gasteiger partial charge in [-0.1, -0.05) is 0 Å². The number of hydrogen-bond donors (Lipinski definition) is 0. The molecule has 84 valence electrons. The summed E-state index contributed by atoms with van der Waals surface area (Å²) in [4.78, 5) is 11.6. The van der Waals surface area contributed by atoms with Crippen LogP contribution in [0.5, 0.6) is 0 Å². The van der Waals surface area contributed by atoms with Crippen LogP contribution in [0.2, 0.25) is 0 Å². The maximum atomic E-state index is 11.6. The number of carbonyl (C=O) groups excluding carboxylic acids is 1. The van der Waals surface area contributed by atoms with Crippen LogP contribution in [0.3, 0.4) is 0 Å². The summed E-state index contributed by atoms with van der Waals surface area (Å²) in [5.74, 6) is -0.185. The van der Waals surface area contributed by atoms with Gasteiger partial charge in [-0.05, 0) is 13.3 Å². The normalized spacial score (nSPS) is 43.0. The average Bonchev–Trinajstić information content (AvgIpc) is 2.78. The van der Waals surface area contributed by atoms with Crippen LogP contribution >= 0.6 is 0 Å². The van der Waals surface area contributed by atoms with Crippen LogP contribution in [0.4, 0.5) is 0 Å². The van der Waals surface area contributed by atoms with Gasteiger partial charge >= 0.3 is 5.97 Å². The predicted octanol–water partition coefficient (Wildman–Crippen LogP) is 1.09. The molecule has 0 bridgehead atoms. The summed E-state index contributed by atoms with van der Waals surface area (Å²) >= 11 is 0. The Morgan fingerprint density at radius 2 is 2.00 bits per heavy atom. The van der Waals surface area contributed by atoms with Crippen LogP contribution in [-0.2, 0) is 19.0 Å². The van der Waals surface area contributed by atoms with E-state index in [-0.39, 0.29) is 17.3 Å². The molecule has 0 amide bonds. The number of carbonyl (C=O) groups is 1. The molecular weight excluding hydrogens is 196 g/mol. The second-order valence-corrected chi connectivity index (χ2v) is 5.02. The van der Waals surface area contributed by atoms with Crippen LogP contribution in [-0.4, -0.2) is 31.6 Å². The molecule has 3 fully saturated rings. The van der Waals surface area contributed by atoms with Crippen LogP contribution in [0.25, 0.3) is 0 Å². The van der Waals surface area contributed by atoms with E-state index in [1.165, 1.54) is 0 Å². The molecule has 1 spiro atoms. The Morgan fingerprint density at radius 1 is 1.27 bits per heavy atom. The van der Waals surface area contributed by atoms with Gasteiger partial charge < -0.3 is 14.2 Å². The SMILES string of the molecule is CC12CCC3(CC1COC2=O)OCCO3. The topological polar surface area (TPSA) is 44.8 Å². The van der Waals surface area contributed by atoms with E-state index in [0.717, 1.165) is 19.3 Å². The van der Waals surface area contributed by atoms with Crippen molar-refractivity contribution in [3.8, 4) is 0 Å². The summed E-state index contributed by atoms with van der Waals surface area (Å²) in [6.45, 7) is 3.90. The lowest BCUT2D eigenvalue weighted by Crippen LogP contribution is -2.45. The molecule has 15 heavy (non-hydrogen) atoms. The van der Waals surface area contributed by atoms with Gasteiger partial charge in [0.1, 0.15) is 0 Å². The van der Waals surface area contributed by atoms with E-state index in [2.05, 4.69) is 0 Å². The fourth-order valence-electron chi connectivity index (χ4n) is 2.97. The van der Waals surface area contributed by atoms with Gasteiger partial charge in [0.25, 0.3) is 0 Å². The lowest BCUT2D eigenvalue weighted by atomic mass is 9.67. The molecule has 0 radical (unpaired) electrons. The van der Waals surface area contributed by atoms with Crippen molar-refractivity contribution in [3.63, 3.8) is 0 Å². The Labute approximate surface area is 88.9 Å². The molecule has 0 aromatic rings. The molecule has 2 unspecified atom stereocenters. The van der Waals surface area contributed by atoms with Gasteiger partial charge in [0.05, 0.1) is 25.2 Å². The van der Waals surface area contributed by atoms with Gasteiger partial charge in [0.15, 0.2) is 5.79 Å². The number of esters is 1. The van der Waals surface area contributed by atoms with Gasteiger partial charge in [-0.2, -0.15) is 0 Å². The first kappa shape index (κ1) is 9.60. The molecule has 1 saturated carbocycles. The van der Waals surface area contributed by atoms with Gasteiger partial charge in [0.2, 0.25) is 0 Å². The standard InChI is InChI=1S/C11H16O4/c1-10-2-3-11(14-4-5-15-11)6-8(10)7-13-9(10)12/h8H,2-7H2,1H3. The highest BCUT2D eigenvalue weighted by molar-refractivity contribution is 5.79. The maximum Gasteiger partial charge on any atom is 0.312 e. The van der Waals surface area contributed by atoms with Gasteiger partial charge in [-0.3, -0.25) is 4.79 Å². The molecule has 4 nitrogen and oxygen atoms in total. The largest absolute Gasteiger partial charge is 0.465 e. The molecular formula is C11H16O4. The van der Waals surface area contributed by atoms with Gasteiger partial charge in [-0.15, -0.1) is 0 Å². The fourth-order valence-corrected chi connectivity index (χ4v) is 2.97. The zero-order chi connectivity index (χ0) is 10.5. The van der Waals surface area contributed by atoms with Crippen LogP contribution in [0.1, 0.15) is 26.2 Å². The molecule has 2 aliphatic heterocycles. The Balaban J connectivity index is 1.82. The quantitative estimate of drug-likeness (QED) is 0.564. The van der Waals surface area contributed by atoms with Crippen molar-refractivity contribution in [3.05, 3.63) is 0 Å². The second kappa shape index (κ2) is 2.95.